The fourth-order valence-electron chi connectivity index (χ4n) is 2.91. The molecule has 0 aliphatic heterocycles. The molecule has 0 atom stereocenters. The number of nitrogens with zero attached hydrogens (tertiary/aromatic N) is 2. The van der Waals surface area contributed by atoms with Crippen molar-refractivity contribution in [3.8, 4) is 0 Å². The van der Waals surface area contributed by atoms with Gasteiger partial charge in [0.2, 0.25) is 5.91 Å². The van der Waals surface area contributed by atoms with Gasteiger partial charge in [0.15, 0.2) is 0 Å². The molecule has 7 heteroatoms. The molecule has 3 amide bonds. The lowest BCUT2D eigenvalue weighted by atomic mass is 10.1. The lowest BCUT2D eigenvalue weighted by Gasteiger charge is -2.25. The van der Waals surface area contributed by atoms with E-state index >= 15 is 0 Å². The van der Waals surface area contributed by atoms with Gasteiger partial charge in [-0.05, 0) is 49.7 Å². The molecular weight excluding hydrogens is 356 g/mol. The van der Waals surface area contributed by atoms with Crippen molar-refractivity contribution in [2.24, 2.45) is 0 Å². The van der Waals surface area contributed by atoms with Gasteiger partial charge in [0.25, 0.3) is 0 Å². The molecule has 0 bridgehead atoms. The van der Waals surface area contributed by atoms with Gasteiger partial charge in [-0.1, -0.05) is 6.92 Å². The number of furan rings is 1. The van der Waals surface area contributed by atoms with E-state index in [9.17, 15) is 9.59 Å². The Bertz CT molecular complexity index is 785. The third kappa shape index (κ3) is 6.04. The Morgan fingerprint density at radius 1 is 1.14 bits per heavy atom. The third-order valence-electron chi connectivity index (χ3n) is 4.18. The van der Waals surface area contributed by atoms with E-state index in [-0.39, 0.29) is 18.0 Å². The highest BCUT2D eigenvalue weighted by Gasteiger charge is 2.17. The van der Waals surface area contributed by atoms with Crippen LogP contribution in [0.5, 0.6) is 0 Å². The zero-order valence-electron chi connectivity index (χ0n) is 17.3. The monoisotopic (exact) mass is 386 g/mol. The van der Waals surface area contributed by atoms with Crippen molar-refractivity contribution in [2.45, 2.75) is 46.3 Å². The highest BCUT2D eigenvalue weighted by molar-refractivity contribution is 5.90. The van der Waals surface area contributed by atoms with Crippen LogP contribution in [0.25, 0.3) is 0 Å². The Hall–Kier alpha value is -2.96. The van der Waals surface area contributed by atoms with E-state index in [0.29, 0.717) is 25.2 Å². The van der Waals surface area contributed by atoms with E-state index in [1.165, 1.54) is 0 Å². The Labute approximate surface area is 166 Å². The Balaban J connectivity index is 2.27. The third-order valence-corrected chi connectivity index (χ3v) is 4.18. The maximum absolute atomic E-state index is 12.5. The molecule has 0 aliphatic rings. The fraction of sp³-hybridized carbons (Fsp3) is 0.429. The first-order valence-corrected chi connectivity index (χ1v) is 9.48. The summed E-state index contributed by atoms with van der Waals surface area (Å²) in [5.74, 6) is 0.774. The quantitative estimate of drug-likeness (QED) is 0.723. The first kappa shape index (κ1) is 21.3. The van der Waals surface area contributed by atoms with Crippen LogP contribution < -0.4 is 15.5 Å². The molecule has 2 aromatic rings. The Morgan fingerprint density at radius 2 is 1.89 bits per heavy atom. The summed E-state index contributed by atoms with van der Waals surface area (Å²) in [5.41, 5.74) is 2.62. The normalized spacial score (nSPS) is 10.6. The van der Waals surface area contributed by atoms with Crippen LogP contribution in [0.15, 0.2) is 41.0 Å². The predicted molar refractivity (Wildman–Crippen MR) is 111 cm³/mol. The van der Waals surface area contributed by atoms with Gasteiger partial charge in [-0.15, -0.1) is 0 Å². The van der Waals surface area contributed by atoms with Crippen molar-refractivity contribution >= 4 is 23.3 Å². The molecule has 0 saturated heterocycles. The van der Waals surface area contributed by atoms with Gasteiger partial charge in [-0.25, -0.2) is 4.79 Å². The average molecular weight is 386 g/mol. The summed E-state index contributed by atoms with van der Waals surface area (Å²) in [6, 6.07) is 9.18. The molecule has 0 spiro atoms. The lowest BCUT2D eigenvalue weighted by molar-refractivity contribution is -0.132. The first-order valence-electron chi connectivity index (χ1n) is 9.48. The van der Waals surface area contributed by atoms with Crippen molar-refractivity contribution in [3.63, 3.8) is 0 Å². The van der Waals surface area contributed by atoms with Crippen LogP contribution in [0.3, 0.4) is 0 Å². The number of hydrogen-bond acceptors (Lipinski definition) is 4. The fourth-order valence-corrected chi connectivity index (χ4v) is 2.91. The standard InChI is InChI=1S/C21H30N4O3/c1-6-20(26)25(14-18-8-7-11-28-18)13-16-12-17(9-10-19(16)24(4)5)23-21(27)22-15(2)3/h7-12,15H,6,13-14H2,1-5H3,(H2,22,23,27). The minimum absolute atomic E-state index is 0.0389. The molecule has 152 valence electrons. The molecular formula is C21H30N4O3. The van der Waals surface area contributed by atoms with Crippen molar-refractivity contribution in [3.05, 3.63) is 47.9 Å². The molecule has 0 fully saturated rings. The lowest BCUT2D eigenvalue weighted by Crippen LogP contribution is -2.34. The zero-order valence-corrected chi connectivity index (χ0v) is 17.3. The number of benzene rings is 1. The summed E-state index contributed by atoms with van der Waals surface area (Å²) in [4.78, 5) is 28.3. The summed E-state index contributed by atoms with van der Waals surface area (Å²) in [7, 11) is 3.91. The number of carbonyl (C=O) groups excluding carboxylic acids is 2. The van der Waals surface area contributed by atoms with Gasteiger partial charge >= 0.3 is 6.03 Å². The number of anilines is 2. The number of rotatable bonds is 8. The molecule has 0 radical (unpaired) electrons. The average Bonchev–Trinajstić information content (AvgIpc) is 3.12. The second kappa shape index (κ2) is 9.82. The van der Waals surface area contributed by atoms with Crippen LogP contribution >= 0.6 is 0 Å². The SMILES string of the molecule is CCC(=O)N(Cc1ccco1)Cc1cc(NC(=O)NC(C)C)ccc1N(C)C. The van der Waals surface area contributed by atoms with Crippen LogP contribution in [0.4, 0.5) is 16.2 Å². The van der Waals surface area contributed by atoms with Crippen LogP contribution in [0.2, 0.25) is 0 Å². The van der Waals surface area contributed by atoms with Gasteiger partial charge in [-0.2, -0.15) is 0 Å². The molecule has 1 aromatic carbocycles. The second-order valence-electron chi connectivity index (χ2n) is 7.17. The van der Waals surface area contributed by atoms with E-state index < -0.39 is 0 Å². The minimum atomic E-state index is -0.254. The second-order valence-corrected chi connectivity index (χ2v) is 7.17. The zero-order chi connectivity index (χ0) is 20.7. The number of urea groups is 1. The van der Waals surface area contributed by atoms with Crippen LogP contribution in [-0.4, -0.2) is 37.0 Å². The van der Waals surface area contributed by atoms with Gasteiger partial charge < -0.3 is 24.9 Å². The first-order chi connectivity index (χ1) is 13.3. The van der Waals surface area contributed by atoms with Crippen LogP contribution in [0, 0.1) is 0 Å². The maximum atomic E-state index is 12.5. The molecule has 1 heterocycles. The molecule has 2 N–H and O–H groups in total. The maximum Gasteiger partial charge on any atom is 0.319 e. The highest BCUT2D eigenvalue weighted by atomic mass is 16.3. The number of nitrogens with one attached hydrogen (secondary N) is 2. The molecule has 2 rings (SSSR count). The smallest absolute Gasteiger partial charge is 0.319 e. The Kier molecular flexibility index (Phi) is 7.49. The van der Waals surface area contributed by atoms with Gasteiger partial charge in [0.1, 0.15) is 5.76 Å². The van der Waals surface area contributed by atoms with Crippen molar-refractivity contribution < 1.29 is 14.0 Å². The van der Waals surface area contributed by atoms with Crippen molar-refractivity contribution in [1.82, 2.24) is 10.2 Å². The minimum Gasteiger partial charge on any atom is -0.467 e. The van der Waals surface area contributed by atoms with E-state index in [4.69, 9.17) is 4.42 Å². The van der Waals surface area contributed by atoms with Gasteiger partial charge in [-0.3, -0.25) is 4.79 Å². The number of amides is 3. The summed E-state index contributed by atoms with van der Waals surface area (Å²) < 4.78 is 5.42. The molecule has 7 nitrogen and oxygen atoms in total. The topological polar surface area (TPSA) is 77.8 Å². The molecule has 0 saturated carbocycles. The van der Waals surface area contributed by atoms with Gasteiger partial charge in [0, 0.05) is 44.5 Å². The van der Waals surface area contributed by atoms with E-state index in [1.807, 2.05) is 70.1 Å². The van der Waals surface area contributed by atoms with Crippen LogP contribution in [0.1, 0.15) is 38.5 Å². The molecule has 0 unspecified atom stereocenters. The predicted octanol–water partition coefficient (Wildman–Crippen LogP) is 3.81. The summed E-state index contributed by atoms with van der Waals surface area (Å²) >= 11 is 0. The van der Waals surface area contributed by atoms with Crippen LogP contribution in [-0.2, 0) is 17.9 Å². The molecule has 28 heavy (non-hydrogen) atoms. The largest absolute Gasteiger partial charge is 0.467 e. The van der Waals surface area contributed by atoms with E-state index in [0.717, 1.165) is 17.0 Å². The van der Waals surface area contributed by atoms with Crippen molar-refractivity contribution in [2.75, 3.05) is 24.3 Å². The Morgan fingerprint density at radius 3 is 2.46 bits per heavy atom. The summed E-state index contributed by atoms with van der Waals surface area (Å²) in [5, 5.41) is 5.66. The summed E-state index contributed by atoms with van der Waals surface area (Å²) in [6.45, 7) is 6.48. The van der Waals surface area contributed by atoms with E-state index in [2.05, 4.69) is 10.6 Å². The van der Waals surface area contributed by atoms with Crippen molar-refractivity contribution in [1.29, 1.82) is 0 Å². The molecule has 1 aromatic heterocycles. The number of hydrogen-bond donors (Lipinski definition) is 2. The van der Waals surface area contributed by atoms with E-state index in [1.54, 1.807) is 11.2 Å². The molecule has 0 aliphatic carbocycles. The van der Waals surface area contributed by atoms with Gasteiger partial charge in [0.05, 0.1) is 12.8 Å². The summed E-state index contributed by atoms with van der Waals surface area (Å²) in [6.07, 6.45) is 2.01. The highest BCUT2D eigenvalue weighted by Crippen LogP contribution is 2.25. The number of carbonyl (C=O) groups is 2.